The topological polar surface area (TPSA) is 67.9 Å². The van der Waals surface area contributed by atoms with Crippen LogP contribution in [0.2, 0.25) is 0 Å². The fourth-order valence-corrected chi connectivity index (χ4v) is 2.53. The summed E-state index contributed by atoms with van der Waals surface area (Å²) >= 11 is 0. The number of amides is 1. The molecule has 1 heterocycles. The molecule has 2 unspecified atom stereocenters. The molecule has 6 heteroatoms. The Morgan fingerprint density at radius 3 is 2.67 bits per heavy atom. The third-order valence-electron chi connectivity index (χ3n) is 3.42. The van der Waals surface area contributed by atoms with E-state index in [0.29, 0.717) is 32.8 Å². The number of morpholine rings is 1. The van der Waals surface area contributed by atoms with Gasteiger partial charge >= 0.3 is 5.97 Å². The minimum absolute atomic E-state index is 0.0634. The van der Waals surface area contributed by atoms with Gasteiger partial charge in [-0.3, -0.25) is 14.5 Å². The lowest BCUT2D eigenvalue weighted by Crippen LogP contribution is -2.59. The van der Waals surface area contributed by atoms with Crippen molar-refractivity contribution in [2.45, 2.75) is 58.7 Å². The lowest BCUT2D eigenvalue weighted by Gasteiger charge is -2.39. The molecule has 1 N–H and O–H groups in total. The average Bonchev–Trinajstić information content (AvgIpc) is 2.44. The Morgan fingerprint density at radius 2 is 2.10 bits per heavy atom. The fourth-order valence-electron chi connectivity index (χ4n) is 2.53. The summed E-state index contributed by atoms with van der Waals surface area (Å²) in [5.74, 6) is -0.335. The number of ether oxygens (including phenoxy) is 2. The molecule has 1 amide bonds. The number of carbonyl (C=O) groups excluding carboxylic acids is 2. The summed E-state index contributed by atoms with van der Waals surface area (Å²) < 4.78 is 10.6. The molecule has 6 nitrogen and oxygen atoms in total. The van der Waals surface area contributed by atoms with Crippen molar-refractivity contribution in [1.29, 1.82) is 0 Å². The zero-order valence-electron chi connectivity index (χ0n) is 13.6. The standard InChI is InChI=1S/C15H28N2O4/c1-5-7-12(15(19)21-6-2)17-8-9-20-10-13(17)14(18)16-11(3)4/h11-13H,5-10H2,1-4H3,(H,16,18). The molecule has 0 aromatic rings. The first-order chi connectivity index (χ1) is 10.0. The minimum atomic E-state index is -0.429. The highest BCUT2D eigenvalue weighted by Gasteiger charge is 2.37. The number of esters is 1. The van der Waals surface area contributed by atoms with Crippen LogP contribution >= 0.6 is 0 Å². The summed E-state index contributed by atoms with van der Waals surface area (Å²) in [6.07, 6.45) is 1.55. The van der Waals surface area contributed by atoms with E-state index < -0.39 is 6.04 Å². The summed E-state index contributed by atoms with van der Waals surface area (Å²) in [6, 6.07) is -0.739. The summed E-state index contributed by atoms with van der Waals surface area (Å²) in [6.45, 7) is 9.43. The molecule has 1 fully saturated rings. The van der Waals surface area contributed by atoms with Crippen molar-refractivity contribution in [2.75, 3.05) is 26.4 Å². The van der Waals surface area contributed by atoms with Gasteiger partial charge in [-0.2, -0.15) is 0 Å². The van der Waals surface area contributed by atoms with Crippen LogP contribution in [0.25, 0.3) is 0 Å². The number of nitrogens with zero attached hydrogens (tertiary/aromatic N) is 1. The molecule has 1 rings (SSSR count). The van der Waals surface area contributed by atoms with Crippen molar-refractivity contribution >= 4 is 11.9 Å². The molecule has 0 saturated carbocycles. The maximum atomic E-state index is 12.3. The zero-order valence-corrected chi connectivity index (χ0v) is 13.6. The average molecular weight is 300 g/mol. The Labute approximate surface area is 127 Å². The second-order valence-electron chi connectivity index (χ2n) is 5.55. The maximum absolute atomic E-state index is 12.3. The molecule has 0 spiro atoms. The van der Waals surface area contributed by atoms with Gasteiger partial charge in [0.05, 0.1) is 19.8 Å². The van der Waals surface area contributed by atoms with Crippen molar-refractivity contribution in [3.05, 3.63) is 0 Å². The van der Waals surface area contributed by atoms with Crippen molar-refractivity contribution in [2.24, 2.45) is 0 Å². The largest absolute Gasteiger partial charge is 0.465 e. The minimum Gasteiger partial charge on any atom is -0.465 e. The molecule has 0 aliphatic carbocycles. The second-order valence-corrected chi connectivity index (χ2v) is 5.55. The summed E-state index contributed by atoms with van der Waals surface area (Å²) in [4.78, 5) is 26.4. The van der Waals surface area contributed by atoms with Crippen LogP contribution in [-0.4, -0.2) is 61.3 Å². The second kappa shape index (κ2) is 9.00. The molecule has 0 radical (unpaired) electrons. The predicted molar refractivity (Wildman–Crippen MR) is 79.9 cm³/mol. The van der Waals surface area contributed by atoms with E-state index in [4.69, 9.17) is 9.47 Å². The van der Waals surface area contributed by atoms with E-state index >= 15 is 0 Å². The quantitative estimate of drug-likeness (QED) is 0.709. The van der Waals surface area contributed by atoms with Crippen LogP contribution in [-0.2, 0) is 19.1 Å². The number of nitrogens with one attached hydrogen (secondary N) is 1. The highest BCUT2D eigenvalue weighted by molar-refractivity contribution is 5.84. The molecular formula is C15H28N2O4. The van der Waals surface area contributed by atoms with Gasteiger partial charge in [0, 0.05) is 12.6 Å². The van der Waals surface area contributed by atoms with Crippen molar-refractivity contribution in [3.8, 4) is 0 Å². The van der Waals surface area contributed by atoms with Gasteiger partial charge in [0.15, 0.2) is 0 Å². The van der Waals surface area contributed by atoms with Crippen LogP contribution in [0, 0.1) is 0 Å². The van der Waals surface area contributed by atoms with Crippen LogP contribution in [0.1, 0.15) is 40.5 Å². The first kappa shape index (κ1) is 17.9. The Bertz CT molecular complexity index is 347. The van der Waals surface area contributed by atoms with Gasteiger partial charge in [-0.1, -0.05) is 13.3 Å². The summed E-state index contributed by atoms with van der Waals surface area (Å²) in [5.41, 5.74) is 0. The van der Waals surface area contributed by atoms with Gasteiger partial charge in [0.2, 0.25) is 5.91 Å². The molecule has 0 aromatic carbocycles. The Morgan fingerprint density at radius 1 is 1.38 bits per heavy atom. The van der Waals surface area contributed by atoms with E-state index in [1.807, 2.05) is 25.7 Å². The third-order valence-corrected chi connectivity index (χ3v) is 3.42. The highest BCUT2D eigenvalue weighted by Crippen LogP contribution is 2.17. The number of hydrogen-bond donors (Lipinski definition) is 1. The third kappa shape index (κ3) is 5.28. The Hall–Kier alpha value is -1.14. The van der Waals surface area contributed by atoms with Gasteiger partial charge in [-0.25, -0.2) is 0 Å². The van der Waals surface area contributed by atoms with E-state index in [9.17, 15) is 9.59 Å². The molecule has 1 saturated heterocycles. The monoisotopic (exact) mass is 300 g/mol. The maximum Gasteiger partial charge on any atom is 0.323 e. The van der Waals surface area contributed by atoms with Crippen molar-refractivity contribution in [1.82, 2.24) is 10.2 Å². The van der Waals surface area contributed by atoms with Crippen LogP contribution in [0.3, 0.4) is 0 Å². The van der Waals surface area contributed by atoms with Crippen LogP contribution < -0.4 is 5.32 Å². The van der Waals surface area contributed by atoms with Gasteiger partial charge in [0.25, 0.3) is 0 Å². The van der Waals surface area contributed by atoms with Gasteiger partial charge < -0.3 is 14.8 Å². The molecular weight excluding hydrogens is 272 g/mol. The molecule has 0 aromatic heterocycles. The lowest BCUT2D eigenvalue weighted by atomic mass is 10.1. The first-order valence-corrected chi connectivity index (χ1v) is 7.81. The van der Waals surface area contributed by atoms with Crippen molar-refractivity contribution < 1.29 is 19.1 Å². The van der Waals surface area contributed by atoms with E-state index in [1.54, 1.807) is 6.92 Å². The molecule has 1 aliphatic heterocycles. The van der Waals surface area contributed by atoms with Crippen LogP contribution in [0.15, 0.2) is 0 Å². The predicted octanol–water partition coefficient (Wildman–Crippen LogP) is 0.944. The smallest absolute Gasteiger partial charge is 0.323 e. The summed E-state index contributed by atoms with van der Waals surface area (Å²) in [5, 5.41) is 2.90. The fraction of sp³-hybridized carbons (Fsp3) is 0.867. The normalized spacial score (nSPS) is 21.1. The van der Waals surface area contributed by atoms with Crippen LogP contribution in [0.5, 0.6) is 0 Å². The Kier molecular flexibility index (Phi) is 7.67. The summed E-state index contributed by atoms with van der Waals surface area (Å²) in [7, 11) is 0. The van der Waals surface area contributed by atoms with Crippen LogP contribution in [0.4, 0.5) is 0 Å². The zero-order chi connectivity index (χ0) is 15.8. The lowest BCUT2D eigenvalue weighted by molar-refractivity contribution is -0.156. The number of carbonyl (C=O) groups is 2. The molecule has 1 aliphatic rings. The van der Waals surface area contributed by atoms with Gasteiger partial charge in [0.1, 0.15) is 12.1 Å². The molecule has 122 valence electrons. The molecule has 2 atom stereocenters. The van der Waals surface area contributed by atoms with E-state index in [1.165, 1.54) is 0 Å². The SMILES string of the molecule is CCCC(C(=O)OCC)N1CCOCC1C(=O)NC(C)C. The van der Waals surface area contributed by atoms with E-state index in [-0.39, 0.29) is 24.0 Å². The van der Waals surface area contributed by atoms with E-state index in [2.05, 4.69) is 5.32 Å². The van der Waals surface area contributed by atoms with E-state index in [0.717, 1.165) is 6.42 Å². The molecule has 0 bridgehead atoms. The first-order valence-electron chi connectivity index (χ1n) is 7.81. The number of hydrogen-bond acceptors (Lipinski definition) is 5. The number of rotatable bonds is 7. The van der Waals surface area contributed by atoms with Gasteiger partial charge in [-0.05, 0) is 27.2 Å². The molecule has 21 heavy (non-hydrogen) atoms. The highest BCUT2D eigenvalue weighted by atomic mass is 16.5. The van der Waals surface area contributed by atoms with Crippen molar-refractivity contribution in [3.63, 3.8) is 0 Å². The van der Waals surface area contributed by atoms with Gasteiger partial charge in [-0.15, -0.1) is 0 Å². The Balaban J connectivity index is 2.85.